The van der Waals surface area contributed by atoms with E-state index in [-0.39, 0.29) is 11.6 Å². The first kappa shape index (κ1) is 14.3. The van der Waals surface area contributed by atoms with Crippen molar-refractivity contribution in [1.29, 1.82) is 0 Å². The Labute approximate surface area is 113 Å². The molecule has 0 heterocycles. The molecule has 1 aromatic rings. The van der Waals surface area contributed by atoms with E-state index in [1.165, 1.54) is 13.5 Å². The second-order valence-corrected chi connectivity index (χ2v) is 5.17. The maximum absolute atomic E-state index is 14.3. The van der Waals surface area contributed by atoms with Gasteiger partial charge in [-0.15, -0.1) is 0 Å². The number of hydrogen-bond donors (Lipinski definition) is 1. The summed E-state index contributed by atoms with van der Waals surface area (Å²) in [6.45, 7) is 0. The fourth-order valence-electron chi connectivity index (χ4n) is 3.00. The molecule has 1 aromatic carbocycles. The van der Waals surface area contributed by atoms with Gasteiger partial charge in [0.15, 0.2) is 11.6 Å². The summed E-state index contributed by atoms with van der Waals surface area (Å²) in [7, 11) is 3.13. The second kappa shape index (κ2) is 5.88. The molecule has 0 bridgehead atoms. The minimum Gasteiger partial charge on any atom is -0.494 e. The van der Waals surface area contributed by atoms with Gasteiger partial charge >= 0.3 is 0 Å². The van der Waals surface area contributed by atoms with Crippen molar-refractivity contribution in [2.45, 2.75) is 43.7 Å². The first-order valence-electron chi connectivity index (χ1n) is 6.78. The van der Waals surface area contributed by atoms with Crippen LogP contribution in [0.4, 0.5) is 4.39 Å². The van der Waals surface area contributed by atoms with Crippen LogP contribution in [0.25, 0.3) is 0 Å². The van der Waals surface area contributed by atoms with E-state index in [4.69, 9.17) is 15.2 Å². The van der Waals surface area contributed by atoms with E-state index < -0.39 is 11.6 Å². The molecule has 0 saturated heterocycles. The second-order valence-electron chi connectivity index (χ2n) is 5.17. The Hall–Kier alpha value is -1.13. The molecule has 1 unspecified atom stereocenters. The fraction of sp³-hybridized carbons (Fsp3) is 0.600. The highest BCUT2D eigenvalue weighted by atomic mass is 19.1. The largest absolute Gasteiger partial charge is 0.494 e. The Bertz CT molecular complexity index is 430. The topological polar surface area (TPSA) is 44.5 Å². The minimum absolute atomic E-state index is 0.231. The first-order chi connectivity index (χ1) is 9.14. The predicted octanol–water partition coefficient (Wildman–Crippen LogP) is 3.18. The van der Waals surface area contributed by atoms with Gasteiger partial charge in [0, 0.05) is 12.7 Å². The summed E-state index contributed by atoms with van der Waals surface area (Å²) < 4.78 is 25.0. The van der Waals surface area contributed by atoms with Gasteiger partial charge in [0.2, 0.25) is 0 Å². The van der Waals surface area contributed by atoms with Crippen molar-refractivity contribution < 1.29 is 13.9 Å². The average Bonchev–Trinajstić information content (AvgIpc) is 2.47. The molecule has 1 aliphatic rings. The van der Waals surface area contributed by atoms with Gasteiger partial charge in [-0.3, -0.25) is 0 Å². The van der Waals surface area contributed by atoms with Crippen molar-refractivity contribution in [1.82, 2.24) is 0 Å². The molecule has 2 N–H and O–H groups in total. The Kier molecular flexibility index (Phi) is 4.42. The molecule has 19 heavy (non-hydrogen) atoms. The molecule has 0 radical (unpaired) electrons. The van der Waals surface area contributed by atoms with Crippen LogP contribution in [0.5, 0.6) is 5.75 Å². The van der Waals surface area contributed by atoms with E-state index in [0.717, 1.165) is 25.7 Å². The lowest BCUT2D eigenvalue weighted by atomic mass is 9.77. The lowest BCUT2D eigenvalue weighted by molar-refractivity contribution is -0.0602. The van der Waals surface area contributed by atoms with E-state index in [1.54, 1.807) is 25.3 Å². The lowest BCUT2D eigenvalue weighted by Crippen LogP contribution is -2.45. The third kappa shape index (κ3) is 2.60. The molecule has 1 atom stereocenters. The van der Waals surface area contributed by atoms with Gasteiger partial charge in [-0.05, 0) is 18.9 Å². The smallest absolute Gasteiger partial charge is 0.169 e. The molecule has 1 fully saturated rings. The van der Waals surface area contributed by atoms with Crippen LogP contribution in [0.15, 0.2) is 18.2 Å². The number of halogens is 1. The van der Waals surface area contributed by atoms with E-state index >= 15 is 0 Å². The summed E-state index contributed by atoms with van der Waals surface area (Å²) >= 11 is 0. The van der Waals surface area contributed by atoms with Gasteiger partial charge in [0.1, 0.15) is 0 Å². The van der Waals surface area contributed by atoms with Crippen LogP contribution >= 0.6 is 0 Å². The third-order valence-electron chi connectivity index (χ3n) is 4.22. The number of benzene rings is 1. The third-order valence-corrected chi connectivity index (χ3v) is 4.22. The van der Waals surface area contributed by atoms with Gasteiger partial charge in [-0.1, -0.05) is 31.4 Å². The molecule has 1 aliphatic carbocycles. The summed E-state index contributed by atoms with van der Waals surface area (Å²) in [4.78, 5) is 0. The van der Waals surface area contributed by atoms with E-state index in [9.17, 15) is 4.39 Å². The monoisotopic (exact) mass is 267 g/mol. The van der Waals surface area contributed by atoms with E-state index in [1.807, 2.05) is 0 Å². The Morgan fingerprint density at radius 2 is 1.89 bits per heavy atom. The van der Waals surface area contributed by atoms with E-state index in [0.29, 0.717) is 5.56 Å². The van der Waals surface area contributed by atoms with E-state index in [2.05, 4.69) is 0 Å². The van der Waals surface area contributed by atoms with Crippen molar-refractivity contribution in [3.63, 3.8) is 0 Å². The maximum Gasteiger partial charge on any atom is 0.169 e. The molecule has 4 heteroatoms. The van der Waals surface area contributed by atoms with Gasteiger partial charge in [-0.2, -0.15) is 0 Å². The zero-order chi connectivity index (χ0) is 13.9. The highest BCUT2D eigenvalue weighted by Crippen LogP contribution is 2.41. The van der Waals surface area contributed by atoms with Crippen LogP contribution in [0.2, 0.25) is 0 Å². The zero-order valence-corrected chi connectivity index (χ0v) is 11.6. The molecule has 1 saturated carbocycles. The summed E-state index contributed by atoms with van der Waals surface area (Å²) in [5.74, 6) is -0.144. The summed E-state index contributed by atoms with van der Waals surface area (Å²) in [6, 6.07) is 4.63. The van der Waals surface area contributed by atoms with Crippen molar-refractivity contribution in [3.8, 4) is 5.75 Å². The molecule has 0 amide bonds. The normalized spacial score (nSPS) is 20.0. The zero-order valence-electron chi connectivity index (χ0n) is 11.6. The number of rotatable bonds is 4. The molecule has 2 rings (SSSR count). The Morgan fingerprint density at radius 1 is 1.21 bits per heavy atom. The predicted molar refractivity (Wildman–Crippen MR) is 72.7 cm³/mol. The van der Waals surface area contributed by atoms with Gasteiger partial charge in [0.05, 0.1) is 18.8 Å². The van der Waals surface area contributed by atoms with Crippen molar-refractivity contribution in [2.75, 3.05) is 14.2 Å². The van der Waals surface area contributed by atoms with Crippen molar-refractivity contribution in [3.05, 3.63) is 29.6 Å². The van der Waals surface area contributed by atoms with Gasteiger partial charge in [0.25, 0.3) is 0 Å². The number of ether oxygens (including phenoxy) is 2. The Balaban J connectivity index is 2.34. The van der Waals surface area contributed by atoms with Crippen molar-refractivity contribution >= 4 is 0 Å². The maximum atomic E-state index is 14.3. The lowest BCUT2D eigenvalue weighted by Gasteiger charge is -2.41. The van der Waals surface area contributed by atoms with Crippen LogP contribution in [-0.4, -0.2) is 19.8 Å². The van der Waals surface area contributed by atoms with Crippen molar-refractivity contribution in [2.24, 2.45) is 5.73 Å². The summed E-state index contributed by atoms with van der Waals surface area (Å²) in [5, 5.41) is 0. The minimum atomic E-state index is -0.465. The number of nitrogens with two attached hydrogens (primary N) is 1. The molecular weight excluding hydrogens is 245 g/mol. The Morgan fingerprint density at radius 3 is 2.47 bits per heavy atom. The standard InChI is InChI=1S/C15H22FNO2/c1-18-12-8-6-7-11(13(12)16)14(17)15(19-2)9-4-3-5-10-15/h6-8,14H,3-5,9-10,17H2,1-2H3. The van der Waals surface area contributed by atoms with Gasteiger partial charge < -0.3 is 15.2 Å². The summed E-state index contributed by atoms with van der Waals surface area (Å²) in [5.41, 5.74) is 6.34. The van der Waals surface area contributed by atoms with Crippen LogP contribution in [0.1, 0.15) is 43.7 Å². The highest BCUT2D eigenvalue weighted by molar-refractivity contribution is 5.34. The quantitative estimate of drug-likeness (QED) is 0.911. The molecule has 0 aromatic heterocycles. The summed E-state index contributed by atoms with van der Waals surface area (Å²) in [6.07, 6.45) is 5.10. The number of hydrogen-bond acceptors (Lipinski definition) is 3. The first-order valence-corrected chi connectivity index (χ1v) is 6.78. The molecular formula is C15H22FNO2. The van der Waals surface area contributed by atoms with Gasteiger partial charge in [-0.25, -0.2) is 4.39 Å². The van der Waals surface area contributed by atoms with Crippen LogP contribution < -0.4 is 10.5 Å². The highest BCUT2D eigenvalue weighted by Gasteiger charge is 2.40. The van der Waals surface area contributed by atoms with Crippen LogP contribution in [0.3, 0.4) is 0 Å². The molecule has 106 valence electrons. The van der Waals surface area contributed by atoms with Crippen LogP contribution in [0, 0.1) is 5.82 Å². The SMILES string of the molecule is COc1cccc(C(N)C2(OC)CCCCC2)c1F. The molecule has 0 spiro atoms. The molecule has 0 aliphatic heterocycles. The van der Waals surface area contributed by atoms with Crippen LogP contribution in [-0.2, 0) is 4.74 Å². The molecule has 3 nitrogen and oxygen atoms in total. The fourth-order valence-corrected chi connectivity index (χ4v) is 3.00. The average molecular weight is 267 g/mol. The number of methoxy groups -OCH3 is 2.